The summed E-state index contributed by atoms with van der Waals surface area (Å²) in [6, 6.07) is 2.14. The number of alkyl halides is 3. The molecule has 0 unspecified atom stereocenters. The minimum Gasteiger partial charge on any atom is -0.741 e. The lowest BCUT2D eigenvalue weighted by Crippen LogP contribution is -2.30. The Labute approximate surface area is 121 Å². The highest BCUT2D eigenvalue weighted by Crippen LogP contribution is 2.20. The Morgan fingerprint density at radius 2 is 2.00 bits per heavy atom. The number of hydrogen-bond acceptors (Lipinski definition) is 4. The van der Waals surface area contributed by atoms with E-state index in [-0.39, 0.29) is 0 Å². The molecule has 6 nitrogen and oxygen atoms in total. The van der Waals surface area contributed by atoms with Crippen molar-refractivity contribution in [1.29, 1.82) is 5.26 Å². The summed E-state index contributed by atoms with van der Waals surface area (Å²) in [6.07, 6.45) is 9.17. The number of halogens is 3. The summed E-state index contributed by atoms with van der Waals surface area (Å²) < 4.78 is 63.1. The molecule has 0 N–H and O–H groups in total. The topological polar surface area (TPSA) is 89.8 Å². The summed E-state index contributed by atoms with van der Waals surface area (Å²) in [7, 11) is -6.09. The molecule has 0 spiro atoms. The van der Waals surface area contributed by atoms with Crippen LogP contribution >= 0.6 is 0 Å². The number of rotatable bonds is 5. The zero-order chi connectivity index (χ0) is 16.5. The predicted octanol–water partition coefficient (Wildman–Crippen LogP) is 1.54. The van der Waals surface area contributed by atoms with Crippen molar-refractivity contribution in [3.8, 4) is 6.07 Å². The molecule has 0 radical (unpaired) electrons. The summed E-state index contributed by atoms with van der Waals surface area (Å²) in [5.74, 6) is 0. The molecule has 0 saturated carbocycles. The molecule has 0 saturated heterocycles. The van der Waals surface area contributed by atoms with Gasteiger partial charge in [-0.3, -0.25) is 0 Å². The molecule has 0 aliphatic heterocycles. The van der Waals surface area contributed by atoms with Crippen molar-refractivity contribution >= 4 is 10.1 Å². The van der Waals surface area contributed by atoms with E-state index in [1.165, 1.54) is 12.8 Å². The van der Waals surface area contributed by atoms with Gasteiger partial charge in [-0.05, 0) is 6.42 Å². The third-order valence-electron chi connectivity index (χ3n) is 2.28. The van der Waals surface area contributed by atoms with Crippen molar-refractivity contribution in [2.75, 3.05) is 0 Å². The van der Waals surface area contributed by atoms with E-state index >= 15 is 0 Å². The Morgan fingerprint density at radius 3 is 2.43 bits per heavy atom. The lowest BCUT2D eigenvalue weighted by Gasteiger charge is -2.08. The highest BCUT2D eigenvalue weighted by molar-refractivity contribution is 7.86. The molecular formula is C11H16F3N3O3S. The normalized spacial score (nSPS) is 11.4. The van der Waals surface area contributed by atoms with Crippen molar-refractivity contribution in [3.05, 3.63) is 18.7 Å². The number of aromatic nitrogens is 2. The van der Waals surface area contributed by atoms with E-state index in [0.29, 0.717) is 6.42 Å². The summed E-state index contributed by atoms with van der Waals surface area (Å²) in [6.45, 7) is 4.07. The Kier molecular flexibility index (Phi) is 7.98. The molecule has 0 fully saturated rings. The van der Waals surface area contributed by atoms with E-state index in [1.54, 1.807) is 0 Å². The van der Waals surface area contributed by atoms with Gasteiger partial charge in [-0.15, -0.1) is 0 Å². The van der Waals surface area contributed by atoms with Crippen LogP contribution in [0.4, 0.5) is 13.2 Å². The molecule has 0 aromatic carbocycles. The van der Waals surface area contributed by atoms with Crippen LogP contribution in [-0.4, -0.2) is 23.0 Å². The van der Waals surface area contributed by atoms with Crippen LogP contribution in [0.5, 0.6) is 0 Å². The molecule has 120 valence electrons. The number of hydrogen-bond donors (Lipinski definition) is 0. The molecule has 1 heterocycles. The van der Waals surface area contributed by atoms with Crippen LogP contribution in [0.25, 0.3) is 0 Å². The average Bonchev–Trinajstić information content (AvgIpc) is 2.80. The molecule has 10 heteroatoms. The SMILES string of the molecule is CCCCn1cc[n+](CCC#N)c1.O=S(=O)([O-])C(F)(F)F. The van der Waals surface area contributed by atoms with Gasteiger partial charge in [0.2, 0.25) is 6.33 Å². The zero-order valence-corrected chi connectivity index (χ0v) is 12.2. The lowest BCUT2D eigenvalue weighted by molar-refractivity contribution is -0.695. The van der Waals surface area contributed by atoms with E-state index < -0.39 is 15.6 Å². The summed E-state index contributed by atoms with van der Waals surface area (Å²) in [5.41, 5.74) is -5.65. The molecular weight excluding hydrogens is 311 g/mol. The molecule has 0 aliphatic rings. The average molecular weight is 327 g/mol. The maximum Gasteiger partial charge on any atom is 0.485 e. The number of aryl methyl sites for hydroxylation is 2. The first-order valence-electron chi connectivity index (χ1n) is 6.05. The van der Waals surface area contributed by atoms with Gasteiger partial charge >= 0.3 is 5.51 Å². The maximum absolute atomic E-state index is 10.7. The van der Waals surface area contributed by atoms with Crippen LogP contribution in [0.2, 0.25) is 0 Å². The fraction of sp³-hybridized carbons (Fsp3) is 0.636. The van der Waals surface area contributed by atoms with E-state index in [9.17, 15) is 13.2 Å². The van der Waals surface area contributed by atoms with Crippen LogP contribution < -0.4 is 4.57 Å². The fourth-order valence-electron chi connectivity index (χ4n) is 1.22. The van der Waals surface area contributed by atoms with Crippen molar-refractivity contribution in [3.63, 3.8) is 0 Å². The molecule has 0 atom stereocenters. The monoisotopic (exact) mass is 327 g/mol. The molecule has 0 amide bonds. The molecule has 0 bridgehead atoms. The number of imidazole rings is 1. The van der Waals surface area contributed by atoms with Gasteiger partial charge in [0, 0.05) is 0 Å². The summed E-state index contributed by atoms with van der Waals surface area (Å²) in [5, 5.41) is 8.41. The van der Waals surface area contributed by atoms with Gasteiger partial charge < -0.3 is 4.55 Å². The second-order valence-corrected chi connectivity index (χ2v) is 5.42. The van der Waals surface area contributed by atoms with Crippen molar-refractivity contribution in [2.45, 2.75) is 44.8 Å². The maximum atomic E-state index is 10.7. The second-order valence-electron chi connectivity index (χ2n) is 4.05. The third-order valence-corrected chi connectivity index (χ3v) is 2.85. The van der Waals surface area contributed by atoms with Crippen LogP contribution in [-0.2, 0) is 23.2 Å². The Morgan fingerprint density at radius 1 is 1.43 bits per heavy atom. The van der Waals surface area contributed by atoms with Gasteiger partial charge in [-0.2, -0.15) is 18.4 Å². The lowest BCUT2D eigenvalue weighted by atomic mass is 10.3. The van der Waals surface area contributed by atoms with Crippen molar-refractivity contribution < 1.29 is 30.7 Å². The molecule has 0 aliphatic carbocycles. The van der Waals surface area contributed by atoms with Crippen LogP contribution in [0.15, 0.2) is 18.7 Å². The van der Waals surface area contributed by atoms with Gasteiger partial charge in [-0.25, -0.2) is 17.6 Å². The van der Waals surface area contributed by atoms with Crippen LogP contribution in [0, 0.1) is 11.3 Å². The zero-order valence-electron chi connectivity index (χ0n) is 11.4. The minimum absolute atomic E-state index is 0.586. The van der Waals surface area contributed by atoms with Crippen molar-refractivity contribution in [1.82, 2.24) is 4.57 Å². The van der Waals surface area contributed by atoms with Crippen LogP contribution in [0.3, 0.4) is 0 Å². The molecule has 1 aromatic rings. The highest BCUT2D eigenvalue weighted by atomic mass is 32.2. The Bertz CT molecular complexity index is 561. The summed E-state index contributed by atoms with van der Waals surface area (Å²) >= 11 is 0. The van der Waals surface area contributed by atoms with E-state index in [1.807, 2.05) is 6.20 Å². The predicted molar refractivity (Wildman–Crippen MR) is 65.5 cm³/mol. The van der Waals surface area contributed by atoms with E-state index in [4.69, 9.17) is 18.2 Å². The minimum atomic E-state index is -6.09. The molecule has 1 rings (SSSR count). The Balaban J connectivity index is 0.000000433. The molecule has 1 aromatic heterocycles. The van der Waals surface area contributed by atoms with E-state index in [2.05, 4.69) is 34.7 Å². The van der Waals surface area contributed by atoms with E-state index in [0.717, 1.165) is 13.1 Å². The quantitative estimate of drug-likeness (QED) is 0.466. The Hall–Kier alpha value is -1.60. The largest absolute Gasteiger partial charge is 0.741 e. The van der Waals surface area contributed by atoms with Gasteiger partial charge in [0.15, 0.2) is 10.1 Å². The number of unbranched alkanes of at least 4 members (excludes halogenated alkanes) is 1. The van der Waals surface area contributed by atoms with Crippen molar-refractivity contribution in [2.24, 2.45) is 0 Å². The molecule has 21 heavy (non-hydrogen) atoms. The van der Waals surface area contributed by atoms with Gasteiger partial charge in [-0.1, -0.05) is 13.3 Å². The third kappa shape index (κ3) is 8.31. The first-order chi connectivity index (χ1) is 9.61. The number of nitriles is 1. The summed E-state index contributed by atoms with van der Waals surface area (Å²) in [4.78, 5) is 0. The standard InChI is InChI=1S/C10H16N3.CHF3O3S/c1-2-3-6-12-8-9-13(10-12)7-4-5-11;2-1(3,4)8(5,6)7/h8-10H,2-4,6-7H2,1H3;(H,5,6,7)/q+1;/p-1. The first-order valence-corrected chi connectivity index (χ1v) is 7.46. The highest BCUT2D eigenvalue weighted by Gasteiger charge is 2.36. The van der Waals surface area contributed by atoms with Gasteiger partial charge in [0.25, 0.3) is 0 Å². The van der Waals surface area contributed by atoms with Gasteiger partial charge in [0.05, 0.1) is 19.0 Å². The first kappa shape index (κ1) is 19.4. The smallest absolute Gasteiger partial charge is 0.485 e. The van der Waals surface area contributed by atoms with Crippen LogP contribution in [0.1, 0.15) is 26.2 Å². The fourth-order valence-corrected chi connectivity index (χ4v) is 1.22. The van der Waals surface area contributed by atoms with Gasteiger partial charge in [0.1, 0.15) is 18.9 Å². The number of nitrogens with zero attached hydrogens (tertiary/aromatic N) is 3. The second kappa shape index (κ2) is 8.63.